The van der Waals surface area contributed by atoms with Crippen LogP contribution >= 0.6 is 0 Å². The van der Waals surface area contributed by atoms with Crippen LogP contribution in [0.4, 0.5) is 0 Å². The van der Waals surface area contributed by atoms with Gasteiger partial charge >= 0.3 is 5.97 Å². The van der Waals surface area contributed by atoms with Crippen molar-refractivity contribution in [3.8, 4) is 5.82 Å². The lowest BCUT2D eigenvalue weighted by atomic mass is 10.5. The number of hydrogen-bond donors (Lipinski definition) is 1. The molecule has 0 fully saturated rings. The number of nitrogens with zero attached hydrogens (tertiary/aromatic N) is 4. The van der Waals surface area contributed by atoms with Gasteiger partial charge in [0.05, 0.1) is 0 Å². The van der Waals surface area contributed by atoms with Gasteiger partial charge in [0, 0.05) is 18.6 Å². The summed E-state index contributed by atoms with van der Waals surface area (Å²) >= 11 is 0. The van der Waals surface area contributed by atoms with E-state index in [1.807, 2.05) is 0 Å². The Morgan fingerprint density at radius 1 is 1.40 bits per heavy atom. The molecule has 2 rings (SSSR count). The molecule has 0 atom stereocenters. The van der Waals surface area contributed by atoms with Gasteiger partial charge in [-0.25, -0.2) is 19.7 Å². The third-order valence-corrected chi connectivity index (χ3v) is 1.84. The Morgan fingerprint density at radius 3 is 2.87 bits per heavy atom. The van der Waals surface area contributed by atoms with Crippen LogP contribution < -0.4 is 0 Å². The van der Waals surface area contributed by atoms with Gasteiger partial charge in [0.15, 0.2) is 0 Å². The van der Waals surface area contributed by atoms with Gasteiger partial charge in [0.1, 0.15) is 11.6 Å². The van der Waals surface area contributed by atoms with Gasteiger partial charge in [-0.15, -0.1) is 0 Å². The van der Waals surface area contributed by atoms with Gasteiger partial charge in [-0.2, -0.15) is 0 Å². The molecule has 0 radical (unpaired) electrons. The predicted molar refractivity (Wildman–Crippen MR) is 50.9 cm³/mol. The maximum absolute atomic E-state index is 10.8. The van der Waals surface area contributed by atoms with E-state index in [1.165, 1.54) is 10.8 Å². The van der Waals surface area contributed by atoms with Crippen LogP contribution in [0.25, 0.3) is 5.82 Å². The number of carbonyl (C=O) groups is 1. The molecule has 0 saturated heterocycles. The standard InChI is InChI=1S/C9H8N4O2/c1-6-10-3-2-7(12-6)13-5-4-11-8(13)9(14)15/h2-5H,1H3,(H,14,15). The van der Waals surface area contributed by atoms with E-state index in [4.69, 9.17) is 5.11 Å². The molecule has 0 aliphatic heterocycles. The van der Waals surface area contributed by atoms with E-state index in [0.29, 0.717) is 11.6 Å². The van der Waals surface area contributed by atoms with E-state index in [1.54, 1.807) is 25.4 Å². The molecule has 0 bridgehead atoms. The lowest BCUT2D eigenvalue weighted by molar-refractivity contribution is 0.0681. The zero-order valence-corrected chi connectivity index (χ0v) is 7.95. The molecule has 15 heavy (non-hydrogen) atoms. The van der Waals surface area contributed by atoms with Crippen molar-refractivity contribution in [1.29, 1.82) is 0 Å². The minimum atomic E-state index is -1.09. The molecule has 1 N–H and O–H groups in total. The third-order valence-electron chi connectivity index (χ3n) is 1.84. The monoisotopic (exact) mass is 204 g/mol. The minimum Gasteiger partial charge on any atom is -0.475 e. The molecule has 0 spiro atoms. The molecule has 6 heteroatoms. The third kappa shape index (κ3) is 1.69. The number of aromatic carboxylic acids is 1. The van der Waals surface area contributed by atoms with E-state index in [2.05, 4.69) is 15.0 Å². The number of hydrogen-bond acceptors (Lipinski definition) is 4. The molecule has 0 amide bonds. The zero-order valence-electron chi connectivity index (χ0n) is 7.95. The van der Waals surface area contributed by atoms with Gasteiger partial charge in [-0.3, -0.25) is 4.57 Å². The first-order chi connectivity index (χ1) is 7.18. The first-order valence-electron chi connectivity index (χ1n) is 4.25. The molecule has 2 heterocycles. The van der Waals surface area contributed by atoms with Gasteiger partial charge < -0.3 is 5.11 Å². The summed E-state index contributed by atoms with van der Waals surface area (Å²) in [5, 5.41) is 8.86. The van der Waals surface area contributed by atoms with Crippen molar-refractivity contribution >= 4 is 5.97 Å². The highest BCUT2D eigenvalue weighted by molar-refractivity contribution is 5.84. The molecule has 0 saturated carbocycles. The summed E-state index contributed by atoms with van der Waals surface area (Å²) in [7, 11) is 0. The second-order valence-corrected chi connectivity index (χ2v) is 2.89. The highest BCUT2D eigenvalue weighted by Gasteiger charge is 2.12. The van der Waals surface area contributed by atoms with Gasteiger partial charge in [-0.05, 0) is 13.0 Å². The fourth-order valence-electron chi connectivity index (χ4n) is 1.22. The molecule has 6 nitrogen and oxygen atoms in total. The maximum atomic E-state index is 10.8. The van der Waals surface area contributed by atoms with E-state index >= 15 is 0 Å². The molecule has 2 aromatic heterocycles. The Morgan fingerprint density at radius 2 is 2.20 bits per heavy atom. The van der Waals surface area contributed by atoms with Crippen molar-refractivity contribution in [1.82, 2.24) is 19.5 Å². The van der Waals surface area contributed by atoms with Crippen molar-refractivity contribution in [3.05, 3.63) is 36.3 Å². The van der Waals surface area contributed by atoms with Crippen LogP contribution in [0.5, 0.6) is 0 Å². The Hall–Kier alpha value is -2.24. The summed E-state index contributed by atoms with van der Waals surface area (Å²) in [6.45, 7) is 1.74. The smallest absolute Gasteiger partial charge is 0.372 e. The van der Waals surface area contributed by atoms with Gasteiger partial charge in [-0.1, -0.05) is 0 Å². The molecule has 0 aromatic carbocycles. The van der Waals surface area contributed by atoms with Crippen molar-refractivity contribution in [2.24, 2.45) is 0 Å². The number of carboxylic acids is 1. The van der Waals surface area contributed by atoms with Crippen molar-refractivity contribution < 1.29 is 9.90 Å². The quantitative estimate of drug-likeness (QED) is 0.777. The Kier molecular flexibility index (Phi) is 2.17. The average molecular weight is 204 g/mol. The van der Waals surface area contributed by atoms with Crippen LogP contribution in [-0.2, 0) is 0 Å². The van der Waals surface area contributed by atoms with Crippen LogP contribution in [0.2, 0.25) is 0 Å². The number of carboxylic acid groups (broad SMARTS) is 1. The molecule has 0 aliphatic rings. The maximum Gasteiger partial charge on any atom is 0.372 e. The summed E-state index contributed by atoms with van der Waals surface area (Å²) in [6, 6.07) is 1.63. The summed E-state index contributed by atoms with van der Waals surface area (Å²) < 4.78 is 1.40. The van der Waals surface area contributed by atoms with Crippen molar-refractivity contribution in [3.63, 3.8) is 0 Å². The van der Waals surface area contributed by atoms with E-state index in [9.17, 15) is 4.79 Å². The molecular weight excluding hydrogens is 196 g/mol. The number of aromatic nitrogens is 4. The van der Waals surface area contributed by atoms with E-state index in [0.717, 1.165) is 0 Å². The molecule has 76 valence electrons. The van der Waals surface area contributed by atoms with Crippen LogP contribution in [0.1, 0.15) is 16.4 Å². The normalized spacial score (nSPS) is 10.2. The highest BCUT2D eigenvalue weighted by atomic mass is 16.4. The number of aryl methyl sites for hydroxylation is 1. The van der Waals surface area contributed by atoms with E-state index in [-0.39, 0.29) is 5.82 Å². The van der Waals surface area contributed by atoms with Gasteiger partial charge in [0.2, 0.25) is 5.82 Å². The van der Waals surface area contributed by atoms with Gasteiger partial charge in [0.25, 0.3) is 0 Å². The first-order valence-corrected chi connectivity index (χ1v) is 4.25. The summed E-state index contributed by atoms with van der Waals surface area (Å²) in [5.41, 5.74) is 0. The predicted octanol–water partition coefficient (Wildman–Crippen LogP) is 0.669. The largest absolute Gasteiger partial charge is 0.475 e. The van der Waals surface area contributed by atoms with Crippen molar-refractivity contribution in [2.75, 3.05) is 0 Å². The second-order valence-electron chi connectivity index (χ2n) is 2.89. The topological polar surface area (TPSA) is 80.9 Å². The fourth-order valence-corrected chi connectivity index (χ4v) is 1.22. The molecule has 2 aromatic rings. The van der Waals surface area contributed by atoms with Crippen LogP contribution in [0, 0.1) is 6.92 Å². The van der Waals surface area contributed by atoms with Crippen LogP contribution in [0.15, 0.2) is 24.7 Å². The van der Waals surface area contributed by atoms with Crippen LogP contribution in [-0.4, -0.2) is 30.6 Å². The highest BCUT2D eigenvalue weighted by Crippen LogP contribution is 2.07. The SMILES string of the molecule is Cc1nccc(-n2ccnc2C(=O)O)n1. The Labute approximate surface area is 85.3 Å². The first kappa shape index (κ1) is 9.32. The van der Waals surface area contributed by atoms with E-state index < -0.39 is 5.97 Å². The minimum absolute atomic E-state index is 0.0619. The molecule has 0 unspecified atom stereocenters. The molecule has 0 aliphatic carbocycles. The number of imidazole rings is 1. The lowest BCUT2D eigenvalue weighted by Crippen LogP contribution is -2.09. The zero-order chi connectivity index (χ0) is 10.8. The summed E-state index contributed by atoms with van der Waals surface area (Å²) in [5.74, 6) is -0.0701. The van der Waals surface area contributed by atoms with Crippen LogP contribution in [0.3, 0.4) is 0 Å². The molecular formula is C9H8N4O2. The Bertz CT molecular complexity index is 506. The fraction of sp³-hybridized carbons (Fsp3) is 0.111. The lowest BCUT2D eigenvalue weighted by Gasteiger charge is -2.03. The summed E-state index contributed by atoms with van der Waals surface area (Å²) in [4.78, 5) is 22.6. The Balaban J connectivity index is 2.54. The number of rotatable bonds is 2. The van der Waals surface area contributed by atoms with Crippen molar-refractivity contribution in [2.45, 2.75) is 6.92 Å². The average Bonchev–Trinajstić information content (AvgIpc) is 2.65. The second kappa shape index (κ2) is 3.49. The summed E-state index contributed by atoms with van der Waals surface area (Å²) in [6.07, 6.45) is 4.54.